The number of fused-ring (bicyclic) bond motifs is 5. The smallest absolute Gasteiger partial charge is 0.0128 e. The molecule has 0 aliphatic heterocycles. The Labute approximate surface area is 118 Å². The van der Waals surface area contributed by atoms with Gasteiger partial charge in [0.05, 0.1) is 0 Å². The van der Waals surface area contributed by atoms with E-state index in [2.05, 4.69) is 31.2 Å². The van der Waals surface area contributed by atoms with Crippen molar-refractivity contribution in [2.45, 2.75) is 65.2 Å². The maximum Gasteiger partial charge on any atom is -0.0128 e. The maximum atomic E-state index is 2.58. The number of benzene rings is 1. The molecule has 4 atom stereocenters. The van der Waals surface area contributed by atoms with E-state index < -0.39 is 0 Å². The summed E-state index contributed by atoms with van der Waals surface area (Å²) in [6, 6.07) is 9.27. The van der Waals surface area contributed by atoms with Gasteiger partial charge in [-0.25, -0.2) is 0 Å². The fourth-order valence-corrected chi connectivity index (χ4v) is 5.51. The van der Waals surface area contributed by atoms with E-state index in [1.54, 1.807) is 11.1 Å². The van der Waals surface area contributed by atoms with Crippen molar-refractivity contribution >= 4 is 0 Å². The van der Waals surface area contributed by atoms with Gasteiger partial charge in [0.1, 0.15) is 0 Å². The van der Waals surface area contributed by atoms with Crippen LogP contribution in [-0.2, 0) is 6.42 Å². The average Bonchev–Trinajstić information content (AvgIpc) is 2.80. The molecule has 2 fully saturated rings. The van der Waals surface area contributed by atoms with Gasteiger partial charge in [-0.3, -0.25) is 0 Å². The summed E-state index contributed by atoms with van der Waals surface area (Å²) in [5.74, 6) is 2.93. The number of rotatable bonds is 0. The topological polar surface area (TPSA) is 0 Å². The van der Waals surface area contributed by atoms with Crippen LogP contribution in [-0.4, -0.2) is 0 Å². The van der Waals surface area contributed by atoms with E-state index in [-0.39, 0.29) is 7.43 Å². The van der Waals surface area contributed by atoms with E-state index in [4.69, 9.17) is 0 Å². The second-order valence-corrected chi connectivity index (χ2v) is 7.20. The molecule has 104 valence electrons. The Morgan fingerprint density at radius 1 is 1.05 bits per heavy atom. The van der Waals surface area contributed by atoms with Crippen molar-refractivity contribution in [1.82, 2.24) is 0 Å². The Kier molecular flexibility index (Phi) is 3.23. The summed E-state index contributed by atoms with van der Waals surface area (Å²) >= 11 is 0. The van der Waals surface area contributed by atoms with Crippen LogP contribution in [0.3, 0.4) is 0 Å². The summed E-state index contributed by atoms with van der Waals surface area (Å²) in [5, 5.41) is 0. The Morgan fingerprint density at radius 2 is 1.89 bits per heavy atom. The van der Waals surface area contributed by atoms with Gasteiger partial charge in [0.25, 0.3) is 0 Å². The van der Waals surface area contributed by atoms with Crippen LogP contribution in [0.25, 0.3) is 0 Å². The SMILES string of the molecule is C.C[C@@]12CCCC1C1CCc3ccccc3C1CC2. The average molecular weight is 256 g/mol. The van der Waals surface area contributed by atoms with Gasteiger partial charge in [-0.15, -0.1) is 0 Å². The van der Waals surface area contributed by atoms with Crippen molar-refractivity contribution in [3.05, 3.63) is 35.4 Å². The molecule has 3 aliphatic carbocycles. The molecular formula is C19H28. The first kappa shape index (κ1) is 13.2. The van der Waals surface area contributed by atoms with Gasteiger partial charge in [-0.2, -0.15) is 0 Å². The first-order valence-corrected chi connectivity index (χ1v) is 7.86. The summed E-state index contributed by atoms with van der Waals surface area (Å²) in [6.45, 7) is 2.58. The Morgan fingerprint density at radius 3 is 2.79 bits per heavy atom. The summed E-state index contributed by atoms with van der Waals surface area (Å²) < 4.78 is 0. The summed E-state index contributed by atoms with van der Waals surface area (Å²) in [6.07, 6.45) is 10.2. The van der Waals surface area contributed by atoms with Gasteiger partial charge >= 0.3 is 0 Å². The molecule has 0 aromatic heterocycles. The highest BCUT2D eigenvalue weighted by Gasteiger charge is 2.49. The van der Waals surface area contributed by atoms with Gasteiger partial charge in [-0.05, 0) is 72.8 Å². The third-order valence-corrected chi connectivity index (χ3v) is 6.42. The zero-order valence-corrected chi connectivity index (χ0v) is 11.5. The van der Waals surface area contributed by atoms with Crippen molar-refractivity contribution < 1.29 is 0 Å². The lowest BCUT2D eigenvalue weighted by atomic mass is 9.56. The molecule has 0 nitrogen and oxygen atoms in total. The van der Waals surface area contributed by atoms with Gasteiger partial charge in [0.15, 0.2) is 0 Å². The lowest BCUT2D eigenvalue weighted by Crippen LogP contribution is -2.39. The molecule has 19 heavy (non-hydrogen) atoms. The Bertz CT molecular complexity index is 461. The zero-order valence-electron chi connectivity index (χ0n) is 11.5. The Hall–Kier alpha value is -0.780. The van der Waals surface area contributed by atoms with E-state index in [9.17, 15) is 0 Å². The van der Waals surface area contributed by atoms with Gasteiger partial charge in [0, 0.05) is 0 Å². The zero-order chi connectivity index (χ0) is 12.2. The third kappa shape index (κ3) is 1.87. The van der Waals surface area contributed by atoms with E-state index in [1.165, 1.54) is 44.9 Å². The minimum atomic E-state index is 0. The van der Waals surface area contributed by atoms with Crippen LogP contribution in [0.1, 0.15) is 69.9 Å². The van der Waals surface area contributed by atoms with E-state index in [1.807, 2.05) is 0 Å². The second kappa shape index (κ2) is 4.65. The van der Waals surface area contributed by atoms with Crippen molar-refractivity contribution in [2.24, 2.45) is 17.3 Å². The molecule has 2 saturated carbocycles. The van der Waals surface area contributed by atoms with E-state index in [0.717, 1.165) is 17.8 Å². The monoisotopic (exact) mass is 256 g/mol. The summed E-state index contributed by atoms with van der Waals surface area (Å²) in [4.78, 5) is 0. The molecular weight excluding hydrogens is 228 g/mol. The lowest BCUT2D eigenvalue weighted by molar-refractivity contribution is 0.0598. The normalized spacial score (nSPS) is 39.7. The van der Waals surface area contributed by atoms with Crippen LogP contribution in [0.15, 0.2) is 24.3 Å². The van der Waals surface area contributed by atoms with Crippen molar-refractivity contribution in [3.8, 4) is 0 Å². The summed E-state index contributed by atoms with van der Waals surface area (Å²) in [7, 11) is 0. The molecule has 0 saturated heterocycles. The number of hydrogen-bond donors (Lipinski definition) is 0. The molecule has 0 radical (unpaired) electrons. The molecule has 0 spiro atoms. The largest absolute Gasteiger partial charge is 0.0776 e. The van der Waals surface area contributed by atoms with Crippen LogP contribution in [0.2, 0.25) is 0 Å². The van der Waals surface area contributed by atoms with Crippen LogP contribution >= 0.6 is 0 Å². The predicted molar refractivity (Wildman–Crippen MR) is 82.4 cm³/mol. The van der Waals surface area contributed by atoms with Crippen LogP contribution in [0.5, 0.6) is 0 Å². The third-order valence-electron chi connectivity index (χ3n) is 6.42. The first-order chi connectivity index (χ1) is 8.78. The summed E-state index contributed by atoms with van der Waals surface area (Å²) in [5.41, 5.74) is 4.07. The molecule has 1 aromatic carbocycles. The highest BCUT2D eigenvalue weighted by atomic mass is 14.5. The quantitative estimate of drug-likeness (QED) is 0.569. The van der Waals surface area contributed by atoms with Gasteiger partial charge in [-0.1, -0.05) is 45.0 Å². The fraction of sp³-hybridized carbons (Fsp3) is 0.684. The minimum Gasteiger partial charge on any atom is -0.0776 e. The standard InChI is InChI=1S/C18H24.CH4/c1-18-11-4-7-17(18)16-9-8-13-5-2-3-6-14(13)15(16)10-12-18;/h2-3,5-6,15-17H,4,7-12H2,1H3;1H4/t15?,16?,17?,18-;/m0./s1. The highest BCUT2D eigenvalue weighted by molar-refractivity contribution is 5.34. The van der Waals surface area contributed by atoms with Gasteiger partial charge < -0.3 is 0 Å². The molecule has 0 amide bonds. The van der Waals surface area contributed by atoms with Crippen molar-refractivity contribution in [3.63, 3.8) is 0 Å². The molecule has 1 aromatic rings. The molecule has 3 unspecified atom stereocenters. The Balaban J connectivity index is 0.00000110. The number of aryl methyl sites for hydroxylation is 1. The highest BCUT2D eigenvalue weighted by Crippen LogP contribution is 2.60. The maximum absolute atomic E-state index is 2.58. The predicted octanol–water partition coefficient (Wildman–Crippen LogP) is 5.57. The molecule has 0 heteroatoms. The van der Waals surface area contributed by atoms with Crippen LogP contribution < -0.4 is 0 Å². The van der Waals surface area contributed by atoms with Crippen LogP contribution in [0.4, 0.5) is 0 Å². The van der Waals surface area contributed by atoms with Crippen molar-refractivity contribution in [2.75, 3.05) is 0 Å². The van der Waals surface area contributed by atoms with Gasteiger partial charge in [0.2, 0.25) is 0 Å². The molecule has 0 bridgehead atoms. The van der Waals surface area contributed by atoms with E-state index >= 15 is 0 Å². The number of hydrogen-bond acceptors (Lipinski definition) is 0. The fourth-order valence-electron chi connectivity index (χ4n) is 5.51. The minimum absolute atomic E-state index is 0. The second-order valence-electron chi connectivity index (χ2n) is 7.20. The lowest BCUT2D eigenvalue weighted by Gasteiger charge is -2.49. The molecule has 4 rings (SSSR count). The molecule has 3 aliphatic rings. The van der Waals surface area contributed by atoms with Crippen LogP contribution in [0, 0.1) is 17.3 Å². The molecule has 0 heterocycles. The van der Waals surface area contributed by atoms with E-state index in [0.29, 0.717) is 5.41 Å². The first-order valence-electron chi connectivity index (χ1n) is 7.86. The van der Waals surface area contributed by atoms with Crippen molar-refractivity contribution in [1.29, 1.82) is 0 Å². The molecule has 0 N–H and O–H groups in total.